The number of aliphatic hydroxyl groups is 1. The third-order valence-electron chi connectivity index (χ3n) is 8.45. The molecule has 0 spiro atoms. The van der Waals surface area contributed by atoms with Crippen LogP contribution in [0.25, 0.3) is 0 Å². The van der Waals surface area contributed by atoms with Crippen molar-refractivity contribution in [3.63, 3.8) is 0 Å². The van der Waals surface area contributed by atoms with Crippen molar-refractivity contribution in [2.75, 3.05) is 51.3 Å². The molecule has 2 saturated carbocycles. The number of nitrogens with zero attached hydrogens (tertiary/aromatic N) is 4. The van der Waals surface area contributed by atoms with Gasteiger partial charge in [-0.25, -0.2) is 9.97 Å². The quantitative estimate of drug-likeness (QED) is 0.494. The summed E-state index contributed by atoms with van der Waals surface area (Å²) in [6, 6.07) is 2.49. The van der Waals surface area contributed by atoms with Gasteiger partial charge in [-0.1, -0.05) is 20.8 Å². The average Bonchev–Trinajstić information content (AvgIpc) is 2.86. The summed E-state index contributed by atoms with van der Waals surface area (Å²) in [5.41, 5.74) is 0.981. The summed E-state index contributed by atoms with van der Waals surface area (Å²) >= 11 is 0. The Morgan fingerprint density at radius 2 is 1.78 bits per heavy atom. The van der Waals surface area contributed by atoms with Crippen molar-refractivity contribution in [1.82, 2.24) is 20.2 Å². The number of piperazine rings is 1. The summed E-state index contributed by atoms with van der Waals surface area (Å²) in [6.07, 6.45) is 8.70. The first-order valence-electron chi connectivity index (χ1n) is 14.5. The third kappa shape index (κ3) is 8.36. The summed E-state index contributed by atoms with van der Waals surface area (Å²) < 4.78 is 5.29. The molecular formula is C29H49N5O3. The largest absolute Gasteiger partial charge is 0.393 e. The van der Waals surface area contributed by atoms with E-state index in [1.807, 2.05) is 0 Å². The van der Waals surface area contributed by atoms with Crippen LogP contribution in [-0.2, 0) is 21.4 Å². The van der Waals surface area contributed by atoms with Crippen LogP contribution in [0.15, 0.2) is 6.07 Å². The summed E-state index contributed by atoms with van der Waals surface area (Å²) in [5.74, 6) is 3.31. The smallest absolute Gasteiger partial charge is 0.220 e. The molecule has 208 valence electrons. The molecule has 37 heavy (non-hydrogen) atoms. The van der Waals surface area contributed by atoms with Crippen molar-refractivity contribution in [1.29, 1.82) is 0 Å². The first-order valence-corrected chi connectivity index (χ1v) is 14.5. The van der Waals surface area contributed by atoms with E-state index in [1.165, 1.54) is 19.3 Å². The first kappa shape index (κ1) is 28.2. The molecule has 1 aromatic heterocycles. The van der Waals surface area contributed by atoms with E-state index >= 15 is 0 Å². The lowest BCUT2D eigenvalue weighted by Crippen LogP contribution is -2.47. The van der Waals surface area contributed by atoms with E-state index in [1.54, 1.807) is 7.11 Å². The predicted molar refractivity (Wildman–Crippen MR) is 147 cm³/mol. The lowest BCUT2D eigenvalue weighted by molar-refractivity contribution is -0.124. The molecule has 1 aliphatic heterocycles. The fraction of sp³-hybridized carbons (Fsp3) is 0.828. The van der Waals surface area contributed by atoms with Gasteiger partial charge in [0.1, 0.15) is 11.6 Å². The monoisotopic (exact) mass is 515 g/mol. The molecular weight excluding hydrogens is 466 g/mol. The number of carbonyl (C=O) groups is 1. The summed E-state index contributed by atoms with van der Waals surface area (Å²) in [7, 11) is 1.74. The van der Waals surface area contributed by atoms with E-state index in [2.05, 4.69) is 42.0 Å². The number of methoxy groups -OCH3 is 1. The fourth-order valence-corrected chi connectivity index (χ4v) is 5.89. The van der Waals surface area contributed by atoms with E-state index in [9.17, 15) is 9.90 Å². The van der Waals surface area contributed by atoms with Gasteiger partial charge in [-0.3, -0.25) is 9.69 Å². The molecule has 0 atom stereocenters. The molecule has 0 bridgehead atoms. The van der Waals surface area contributed by atoms with Gasteiger partial charge >= 0.3 is 0 Å². The second-order valence-corrected chi connectivity index (χ2v) is 12.6. The fourth-order valence-electron chi connectivity index (χ4n) is 5.89. The van der Waals surface area contributed by atoms with Crippen molar-refractivity contribution in [3.8, 4) is 0 Å². The van der Waals surface area contributed by atoms with E-state index in [4.69, 9.17) is 14.7 Å². The van der Waals surface area contributed by atoms with Crippen molar-refractivity contribution >= 4 is 11.7 Å². The minimum absolute atomic E-state index is 0.0817. The molecule has 0 unspecified atom stereocenters. The van der Waals surface area contributed by atoms with Crippen molar-refractivity contribution in [2.45, 2.75) is 96.1 Å². The Balaban J connectivity index is 1.17. The van der Waals surface area contributed by atoms with Gasteiger partial charge < -0.3 is 20.1 Å². The number of hydrogen-bond acceptors (Lipinski definition) is 7. The van der Waals surface area contributed by atoms with Gasteiger partial charge in [0, 0.05) is 69.3 Å². The van der Waals surface area contributed by atoms with Crippen LogP contribution in [0.5, 0.6) is 0 Å². The number of aromatic nitrogens is 2. The van der Waals surface area contributed by atoms with Crippen LogP contribution in [0.4, 0.5) is 5.82 Å². The number of aliphatic hydroxyl groups excluding tert-OH is 1. The number of carbonyl (C=O) groups excluding carboxylic acids is 1. The van der Waals surface area contributed by atoms with Crippen LogP contribution in [0, 0.1) is 11.8 Å². The van der Waals surface area contributed by atoms with Crippen LogP contribution in [0.2, 0.25) is 0 Å². The first-order chi connectivity index (χ1) is 17.7. The summed E-state index contributed by atoms with van der Waals surface area (Å²) in [4.78, 5) is 27.1. The van der Waals surface area contributed by atoms with Crippen LogP contribution < -0.4 is 10.2 Å². The summed E-state index contributed by atoms with van der Waals surface area (Å²) in [5, 5.41) is 12.7. The van der Waals surface area contributed by atoms with Gasteiger partial charge in [-0.2, -0.15) is 0 Å². The molecule has 0 radical (unpaired) electrons. The number of rotatable bonds is 10. The van der Waals surface area contributed by atoms with Gasteiger partial charge in [-0.05, 0) is 63.3 Å². The normalized spacial score (nSPS) is 27.1. The average molecular weight is 516 g/mol. The molecule has 2 aliphatic carbocycles. The maximum atomic E-state index is 12.3. The van der Waals surface area contributed by atoms with Crippen LogP contribution in [-0.4, -0.2) is 84.5 Å². The second-order valence-electron chi connectivity index (χ2n) is 12.6. The molecule has 1 aromatic rings. The Bertz CT molecular complexity index is 867. The van der Waals surface area contributed by atoms with Crippen molar-refractivity contribution < 1.29 is 14.6 Å². The van der Waals surface area contributed by atoms with Gasteiger partial charge in [0.25, 0.3) is 0 Å². The molecule has 3 fully saturated rings. The Morgan fingerprint density at radius 1 is 1.08 bits per heavy atom. The van der Waals surface area contributed by atoms with Gasteiger partial charge in [0.15, 0.2) is 0 Å². The maximum Gasteiger partial charge on any atom is 0.220 e. The highest BCUT2D eigenvalue weighted by Crippen LogP contribution is 2.31. The highest BCUT2D eigenvalue weighted by atomic mass is 16.5. The lowest BCUT2D eigenvalue weighted by Gasteiger charge is -2.37. The minimum Gasteiger partial charge on any atom is -0.393 e. The number of nitrogens with one attached hydrogen (secondary N) is 1. The van der Waals surface area contributed by atoms with Crippen LogP contribution >= 0.6 is 0 Å². The van der Waals surface area contributed by atoms with E-state index < -0.39 is 0 Å². The van der Waals surface area contributed by atoms with Gasteiger partial charge in [-0.15, -0.1) is 0 Å². The Hall–Kier alpha value is -1.77. The molecule has 8 heteroatoms. The molecule has 3 aliphatic rings. The van der Waals surface area contributed by atoms with E-state index in [0.717, 1.165) is 88.1 Å². The Labute approximate surface area is 223 Å². The third-order valence-corrected chi connectivity index (χ3v) is 8.45. The SMILES string of the molecule is COCCc1cc(N2CCN(CCC3CCC(NC(=O)CC4CC(O)C4)CC3)CC2)nc(C(C)(C)C)n1. The molecule has 4 rings (SSSR count). The molecule has 1 amide bonds. The Kier molecular flexibility index (Phi) is 9.81. The second kappa shape index (κ2) is 12.9. The standard InChI is InChI=1S/C29H49N5O3/c1-29(2,3)28-31-24(10-16-37-4)20-26(32-28)34-14-12-33(13-15-34)11-9-21-5-7-23(8-6-21)30-27(36)19-22-17-25(35)18-22/h20-23,25,35H,5-19H2,1-4H3,(H,30,36). The number of ether oxygens (including phenoxy) is 1. The topological polar surface area (TPSA) is 90.8 Å². The van der Waals surface area contributed by atoms with Crippen molar-refractivity contribution in [2.24, 2.45) is 11.8 Å². The molecule has 1 saturated heterocycles. The highest BCUT2D eigenvalue weighted by Gasteiger charge is 2.30. The Morgan fingerprint density at radius 3 is 2.41 bits per heavy atom. The van der Waals surface area contributed by atoms with E-state index in [-0.39, 0.29) is 17.4 Å². The summed E-state index contributed by atoms with van der Waals surface area (Å²) in [6.45, 7) is 12.5. The van der Waals surface area contributed by atoms with Crippen LogP contribution in [0.3, 0.4) is 0 Å². The zero-order valence-electron chi connectivity index (χ0n) is 23.5. The number of anilines is 1. The number of amides is 1. The minimum atomic E-state index is -0.177. The molecule has 0 aromatic carbocycles. The van der Waals surface area contributed by atoms with Crippen molar-refractivity contribution in [3.05, 3.63) is 17.6 Å². The highest BCUT2D eigenvalue weighted by molar-refractivity contribution is 5.76. The number of hydrogen-bond donors (Lipinski definition) is 2. The predicted octanol–water partition coefficient (Wildman–Crippen LogP) is 3.31. The zero-order chi connectivity index (χ0) is 26.4. The zero-order valence-corrected chi connectivity index (χ0v) is 23.5. The van der Waals surface area contributed by atoms with Gasteiger partial charge in [0.2, 0.25) is 5.91 Å². The van der Waals surface area contributed by atoms with Crippen LogP contribution in [0.1, 0.15) is 83.7 Å². The molecule has 2 heterocycles. The lowest BCUT2D eigenvalue weighted by atomic mass is 9.79. The molecule has 8 nitrogen and oxygen atoms in total. The molecule has 2 N–H and O–H groups in total. The maximum absolute atomic E-state index is 12.3. The van der Waals surface area contributed by atoms with Gasteiger partial charge in [0.05, 0.1) is 12.7 Å². The van der Waals surface area contributed by atoms with E-state index in [0.29, 0.717) is 25.0 Å².